The molecule has 2 aliphatic rings. The Bertz CT molecular complexity index is 905. The van der Waals surface area contributed by atoms with Crippen LogP contribution >= 0.6 is 0 Å². The predicted molar refractivity (Wildman–Crippen MR) is 114 cm³/mol. The van der Waals surface area contributed by atoms with Crippen LogP contribution in [0.2, 0.25) is 0 Å². The molecule has 9 nitrogen and oxygen atoms in total. The van der Waals surface area contributed by atoms with Crippen LogP contribution in [0.1, 0.15) is 62.8 Å². The molecule has 0 aromatic carbocycles. The molecule has 2 aromatic heterocycles. The number of aromatic nitrogens is 5. The molecule has 2 aliphatic carbocycles. The molecule has 0 saturated heterocycles. The predicted octanol–water partition coefficient (Wildman–Crippen LogP) is 3.66. The van der Waals surface area contributed by atoms with E-state index in [0.29, 0.717) is 28.9 Å². The van der Waals surface area contributed by atoms with E-state index in [1.54, 1.807) is 29.9 Å². The maximum absolute atomic E-state index is 12.4. The molecule has 0 N–H and O–H groups in total. The lowest BCUT2D eigenvalue weighted by atomic mass is 9.85. The second kappa shape index (κ2) is 9.62. The van der Waals surface area contributed by atoms with E-state index in [4.69, 9.17) is 9.47 Å². The Balaban J connectivity index is 1.41. The number of carbonyl (C=O) groups excluding carboxylic acids is 1. The molecular formula is C22H32N6O3. The monoisotopic (exact) mass is 428 g/mol. The average Bonchev–Trinajstić information content (AvgIpc) is 3.11. The van der Waals surface area contributed by atoms with Gasteiger partial charge in [0.2, 0.25) is 5.88 Å². The Morgan fingerprint density at radius 1 is 1.19 bits per heavy atom. The van der Waals surface area contributed by atoms with E-state index in [9.17, 15) is 4.79 Å². The quantitative estimate of drug-likeness (QED) is 0.664. The van der Waals surface area contributed by atoms with E-state index in [0.717, 1.165) is 25.1 Å². The summed E-state index contributed by atoms with van der Waals surface area (Å²) in [5.74, 6) is 1.17. The Morgan fingerprint density at radius 3 is 2.65 bits per heavy atom. The molecule has 2 aromatic rings. The summed E-state index contributed by atoms with van der Waals surface area (Å²) in [6.07, 6.45) is 11.0. The zero-order valence-electron chi connectivity index (χ0n) is 18.7. The van der Waals surface area contributed by atoms with Gasteiger partial charge >= 0.3 is 6.09 Å². The summed E-state index contributed by atoms with van der Waals surface area (Å²) in [5.41, 5.74) is 2.56. The lowest BCUT2D eigenvalue weighted by Crippen LogP contribution is -2.34. The van der Waals surface area contributed by atoms with Crippen LogP contribution in [0.15, 0.2) is 6.20 Å². The van der Waals surface area contributed by atoms with Gasteiger partial charge in [-0.2, -0.15) is 0 Å². The van der Waals surface area contributed by atoms with Crippen molar-refractivity contribution in [3.63, 3.8) is 0 Å². The topological polar surface area (TPSA) is 95.3 Å². The van der Waals surface area contributed by atoms with Crippen molar-refractivity contribution in [1.82, 2.24) is 29.9 Å². The van der Waals surface area contributed by atoms with Gasteiger partial charge in [0.15, 0.2) is 0 Å². The summed E-state index contributed by atoms with van der Waals surface area (Å²) >= 11 is 0. The fourth-order valence-electron chi connectivity index (χ4n) is 4.16. The van der Waals surface area contributed by atoms with Gasteiger partial charge in [0.25, 0.3) is 0 Å². The van der Waals surface area contributed by atoms with Gasteiger partial charge in [0, 0.05) is 20.6 Å². The van der Waals surface area contributed by atoms with Crippen LogP contribution in [0.25, 0.3) is 11.4 Å². The minimum absolute atomic E-state index is 0.0771. The van der Waals surface area contributed by atoms with Crippen LogP contribution in [0, 0.1) is 12.8 Å². The van der Waals surface area contributed by atoms with Gasteiger partial charge in [-0.1, -0.05) is 18.1 Å². The fourth-order valence-corrected chi connectivity index (χ4v) is 4.16. The zero-order valence-corrected chi connectivity index (χ0v) is 18.7. The first kappa shape index (κ1) is 21.5. The van der Waals surface area contributed by atoms with Gasteiger partial charge in [-0.25, -0.2) is 19.4 Å². The Morgan fingerprint density at radius 2 is 1.97 bits per heavy atom. The molecule has 2 heterocycles. The van der Waals surface area contributed by atoms with Crippen LogP contribution in [-0.4, -0.2) is 55.7 Å². The molecule has 31 heavy (non-hydrogen) atoms. The van der Waals surface area contributed by atoms with Crippen LogP contribution in [0.5, 0.6) is 5.88 Å². The van der Waals surface area contributed by atoms with Gasteiger partial charge in [-0.3, -0.25) is 0 Å². The van der Waals surface area contributed by atoms with Crippen molar-refractivity contribution in [2.45, 2.75) is 71.0 Å². The molecule has 0 radical (unpaired) electrons. The van der Waals surface area contributed by atoms with E-state index in [-0.39, 0.29) is 18.8 Å². The number of carbonyl (C=O) groups is 1. The van der Waals surface area contributed by atoms with E-state index in [1.165, 1.54) is 38.5 Å². The number of hydrogen-bond donors (Lipinski definition) is 0. The van der Waals surface area contributed by atoms with Crippen molar-refractivity contribution in [3.8, 4) is 17.3 Å². The van der Waals surface area contributed by atoms with E-state index in [2.05, 4.69) is 20.3 Å². The normalized spacial score (nSPS) is 17.3. The molecule has 1 amide bonds. The maximum atomic E-state index is 12.4. The number of ether oxygens (including phenoxy) is 2. The third-order valence-corrected chi connectivity index (χ3v) is 6.32. The van der Waals surface area contributed by atoms with Crippen molar-refractivity contribution in [3.05, 3.63) is 17.6 Å². The van der Waals surface area contributed by atoms with Crippen molar-refractivity contribution >= 4 is 6.09 Å². The van der Waals surface area contributed by atoms with Crippen LogP contribution in [0.4, 0.5) is 4.79 Å². The van der Waals surface area contributed by atoms with Gasteiger partial charge in [-0.05, 0) is 51.4 Å². The molecule has 168 valence electrons. The number of nitrogens with zero attached hydrogens (tertiary/aromatic N) is 6. The van der Waals surface area contributed by atoms with Crippen LogP contribution in [0.3, 0.4) is 0 Å². The van der Waals surface area contributed by atoms with Crippen LogP contribution in [-0.2, 0) is 18.4 Å². The first-order valence-corrected chi connectivity index (χ1v) is 11.3. The molecule has 9 heteroatoms. The van der Waals surface area contributed by atoms with E-state index >= 15 is 0 Å². The van der Waals surface area contributed by atoms with Crippen molar-refractivity contribution in [2.24, 2.45) is 13.0 Å². The Kier molecular flexibility index (Phi) is 6.67. The first-order valence-electron chi connectivity index (χ1n) is 11.3. The minimum atomic E-state index is -0.336. The summed E-state index contributed by atoms with van der Waals surface area (Å²) in [6, 6.07) is 0. The number of aryl methyl sites for hydroxylation is 2. The summed E-state index contributed by atoms with van der Waals surface area (Å²) in [5, 5.41) is 8.33. The molecule has 4 rings (SSSR count). The second-order valence-corrected chi connectivity index (χ2v) is 8.76. The number of hydrogen-bond acceptors (Lipinski definition) is 7. The smallest absolute Gasteiger partial charge is 0.409 e. The molecule has 0 aliphatic heterocycles. The van der Waals surface area contributed by atoms with Gasteiger partial charge < -0.3 is 14.4 Å². The average molecular weight is 429 g/mol. The van der Waals surface area contributed by atoms with Crippen molar-refractivity contribution < 1.29 is 14.3 Å². The highest BCUT2D eigenvalue weighted by Crippen LogP contribution is 2.28. The van der Waals surface area contributed by atoms with Gasteiger partial charge in [-0.15, -0.1) is 5.10 Å². The molecule has 0 spiro atoms. The van der Waals surface area contributed by atoms with Crippen molar-refractivity contribution in [2.75, 3.05) is 13.6 Å². The lowest BCUT2D eigenvalue weighted by Gasteiger charge is -2.29. The molecule has 2 fully saturated rings. The summed E-state index contributed by atoms with van der Waals surface area (Å²) in [7, 11) is 3.56. The SMILES string of the molecule is Cc1nc(-c2nnn(C)c2COC(=O)N(C)CC2CCC2)cnc1OC1CCCCC1. The van der Waals surface area contributed by atoms with Gasteiger partial charge in [0.05, 0.1) is 6.20 Å². The summed E-state index contributed by atoms with van der Waals surface area (Å²) < 4.78 is 13.2. The van der Waals surface area contributed by atoms with E-state index in [1.807, 2.05) is 6.92 Å². The highest BCUT2D eigenvalue weighted by Gasteiger charge is 2.24. The minimum Gasteiger partial charge on any atom is -0.473 e. The molecule has 2 saturated carbocycles. The maximum Gasteiger partial charge on any atom is 0.409 e. The van der Waals surface area contributed by atoms with Crippen LogP contribution < -0.4 is 4.74 Å². The summed E-state index contributed by atoms with van der Waals surface area (Å²) in [6.45, 7) is 2.70. The molecule has 0 bridgehead atoms. The van der Waals surface area contributed by atoms with E-state index < -0.39 is 0 Å². The molecule has 0 atom stereocenters. The highest BCUT2D eigenvalue weighted by molar-refractivity contribution is 5.67. The first-order chi connectivity index (χ1) is 15.0. The largest absolute Gasteiger partial charge is 0.473 e. The Hall–Kier alpha value is -2.71. The number of amides is 1. The zero-order chi connectivity index (χ0) is 21.8. The summed E-state index contributed by atoms with van der Waals surface area (Å²) in [4.78, 5) is 23.2. The second-order valence-electron chi connectivity index (χ2n) is 8.76. The van der Waals surface area contributed by atoms with Gasteiger partial charge in [0.1, 0.15) is 35.5 Å². The highest BCUT2D eigenvalue weighted by atomic mass is 16.6. The Labute approximate surface area is 183 Å². The third-order valence-electron chi connectivity index (χ3n) is 6.32. The third kappa shape index (κ3) is 5.14. The fraction of sp³-hybridized carbons (Fsp3) is 0.682. The molecular weight excluding hydrogens is 396 g/mol. The standard InChI is InChI=1S/C22H32N6O3/c1-15-21(31-17-10-5-4-6-11-17)23-12-18(24-15)20-19(28(3)26-25-20)14-30-22(29)27(2)13-16-8-7-9-16/h12,16-17H,4-11,13-14H2,1-3H3. The van der Waals surface area contributed by atoms with Crippen molar-refractivity contribution in [1.29, 1.82) is 0 Å². The number of rotatable bonds is 7. The molecule has 0 unspecified atom stereocenters. The lowest BCUT2D eigenvalue weighted by molar-refractivity contribution is 0.0913.